The maximum absolute atomic E-state index is 11.3. The largest absolute Gasteiger partial charge is 0.464 e. The second-order valence-corrected chi connectivity index (χ2v) is 4.90. The molecule has 100 valence electrons. The molecule has 17 heavy (non-hydrogen) atoms. The van der Waals surface area contributed by atoms with Crippen LogP contribution in [0, 0.1) is 0 Å². The molecule has 0 aliphatic carbocycles. The predicted molar refractivity (Wildman–Crippen MR) is 70.0 cm³/mol. The summed E-state index contributed by atoms with van der Waals surface area (Å²) in [5.41, 5.74) is 0. The molecule has 1 heterocycles. The molecule has 1 N–H and O–H groups in total. The number of ether oxygens (including phenoxy) is 1. The molecule has 1 fully saturated rings. The van der Waals surface area contributed by atoms with Crippen LogP contribution in [0.2, 0.25) is 0 Å². The number of cyclic esters (lactones) is 1. The summed E-state index contributed by atoms with van der Waals surface area (Å²) in [6.45, 7) is 2.38. The monoisotopic (exact) mass is 241 g/mol. The van der Waals surface area contributed by atoms with E-state index in [9.17, 15) is 4.79 Å². The van der Waals surface area contributed by atoms with Crippen LogP contribution in [0.15, 0.2) is 0 Å². The average Bonchev–Trinajstić information content (AvgIpc) is 2.32. The van der Waals surface area contributed by atoms with Gasteiger partial charge in [0.15, 0.2) is 0 Å². The summed E-state index contributed by atoms with van der Waals surface area (Å²) in [5.74, 6) is -0.0288. The van der Waals surface area contributed by atoms with Crippen LogP contribution in [0.1, 0.15) is 64.2 Å². The van der Waals surface area contributed by atoms with E-state index >= 15 is 0 Å². The van der Waals surface area contributed by atoms with Crippen LogP contribution in [-0.2, 0) is 9.53 Å². The van der Waals surface area contributed by atoms with Crippen molar-refractivity contribution >= 4 is 5.97 Å². The SMILES string of the molecule is O=C1CCCCCCCCCCCNCCO1. The molecule has 0 amide bonds. The van der Waals surface area contributed by atoms with Gasteiger partial charge >= 0.3 is 5.97 Å². The summed E-state index contributed by atoms with van der Waals surface area (Å²) in [7, 11) is 0. The van der Waals surface area contributed by atoms with Gasteiger partial charge in [0.2, 0.25) is 0 Å². The zero-order chi connectivity index (χ0) is 12.2. The van der Waals surface area contributed by atoms with Crippen molar-refractivity contribution in [2.45, 2.75) is 64.2 Å². The Kier molecular flexibility index (Phi) is 9.01. The number of esters is 1. The Morgan fingerprint density at radius 3 is 2.06 bits per heavy atom. The van der Waals surface area contributed by atoms with Crippen molar-refractivity contribution in [3.05, 3.63) is 0 Å². The third-order valence-corrected chi connectivity index (χ3v) is 3.28. The number of nitrogens with one attached hydrogen (secondary N) is 1. The highest BCUT2D eigenvalue weighted by molar-refractivity contribution is 5.69. The van der Waals surface area contributed by atoms with Crippen LogP contribution in [0.5, 0.6) is 0 Å². The van der Waals surface area contributed by atoms with Crippen molar-refractivity contribution in [1.29, 1.82) is 0 Å². The van der Waals surface area contributed by atoms with Crippen LogP contribution in [0.3, 0.4) is 0 Å². The van der Waals surface area contributed by atoms with E-state index in [1.54, 1.807) is 0 Å². The van der Waals surface area contributed by atoms with Crippen molar-refractivity contribution in [2.75, 3.05) is 19.7 Å². The molecule has 1 aliphatic heterocycles. The van der Waals surface area contributed by atoms with Gasteiger partial charge < -0.3 is 10.1 Å². The van der Waals surface area contributed by atoms with Crippen LogP contribution in [-0.4, -0.2) is 25.7 Å². The summed E-state index contributed by atoms with van der Waals surface area (Å²) >= 11 is 0. The molecule has 3 heteroatoms. The Morgan fingerprint density at radius 1 is 0.765 bits per heavy atom. The smallest absolute Gasteiger partial charge is 0.305 e. The summed E-state index contributed by atoms with van der Waals surface area (Å²) in [6, 6.07) is 0. The van der Waals surface area contributed by atoms with Gasteiger partial charge in [-0.2, -0.15) is 0 Å². The maximum atomic E-state index is 11.3. The Hall–Kier alpha value is -0.570. The topological polar surface area (TPSA) is 38.3 Å². The molecule has 0 aromatic carbocycles. The second kappa shape index (κ2) is 10.6. The summed E-state index contributed by atoms with van der Waals surface area (Å²) < 4.78 is 5.14. The highest BCUT2D eigenvalue weighted by Gasteiger charge is 2.02. The molecule has 0 unspecified atom stereocenters. The number of hydrogen-bond donors (Lipinski definition) is 1. The molecule has 3 nitrogen and oxygen atoms in total. The Labute approximate surface area is 105 Å². The van der Waals surface area contributed by atoms with E-state index < -0.39 is 0 Å². The van der Waals surface area contributed by atoms with Crippen LogP contribution in [0.4, 0.5) is 0 Å². The summed E-state index contributed by atoms with van der Waals surface area (Å²) in [4.78, 5) is 11.3. The van der Waals surface area contributed by atoms with Gasteiger partial charge in [0, 0.05) is 13.0 Å². The van der Waals surface area contributed by atoms with Crippen molar-refractivity contribution in [1.82, 2.24) is 5.32 Å². The van der Waals surface area contributed by atoms with Gasteiger partial charge in [-0.25, -0.2) is 0 Å². The molecule has 1 rings (SSSR count). The summed E-state index contributed by atoms with van der Waals surface area (Å²) in [6.07, 6.45) is 12.0. The zero-order valence-corrected chi connectivity index (χ0v) is 11.0. The van der Waals surface area contributed by atoms with E-state index in [4.69, 9.17) is 4.74 Å². The first-order valence-corrected chi connectivity index (χ1v) is 7.26. The fourth-order valence-electron chi connectivity index (χ4n) is 2.19. The van der Waals surface area contributed by atoms with Crippen LogP contribution < -0.4 is 5.32 Å². The molecule has 1 aliphatic rings. The van der Waals surface area contributed by atoms with Crippen LogP contribution >= 0.6 is 0 Å². The van der Waals surface area contributed by atoms with Crippen molar-refractivity contribution in [3.63, 3.8) is 0 Å². The lowest BCUT2D eigenvalue weighted by Crippen LogP contribution is -2.22. The molecule has 0 aromatic rings. The highest BCUT2D eigenvalue weighted by atomic mass is 16.5. The van der Waals surface area contributed by atoms with E-state index in [0.29, 0.717) is 13.0 Å². The number of carbonyl (C=O) groups excluding carboxylic acids is 1. The van der Waals surface area contributed by atoms with Crippen molar-refractivity contribution in [2.24, 2.45) is 0 Å². The van der Waals surface area contributed by atoms with E-state index in [-0.39, 0.29) is 5.97 Å². The molecule has 0 bridgehead atoms. The van der Waals surface area contributed by atoms with Gasteiger partial charge in [0.1, 0.15) is 6.61 Å². The lowest BCUT2D eigenvalue weighted by Gasteiger charge is -2.08. The van der Waals surface area contributed by atoms with Gasteiger partial charge in [-0.15, -0.1) is 0 Å². The van der Waals surface area contributed by atoms with Gasteiger partial charge in [-0.1, -0.05) is 44.9 Å². The molecule has 0 radical (unpaired) electrons. The summed E-state index contributed by atoms with van der Waals surface area (Å²) in [5, 5.41) is 3.31. The molecule has 1 saturated heterocycles. The molecule has 0 aromatic heterocycles. The number of hydrogen-bond acceptors (Lipinski definition) is 3. The first kappa shape index (κ1) is 14.5. The first-order valence-electron chi connectivity index (χ1n) is 7.26. The molecule has 0 saturated carbocycles. The second-order valence-electron chi connectivity index (χ2n) is 4.90. The quantitative estimate of drug-likeness (QED) is 0.662. The third kappa shape index (κ3) is 9.16. The minimum absolute atomic E-state index is 0.0288. The van der Waals surface area contributed by atoms with E-state index in [1.807, 2.05) is 0 Å². The Balaban J connectivity index is 2.11. The highest BCUT2D eigenvalue weighted by Crippen LogP contribution is 2.10. The van der Waals surface area contributed by atoms with Crippen LogP contribution in [0.25, 0.3) is 0 Å². The first-order chi connectivity index (χ1) is 8.39. The Morgan fingerprint density at radius 2 is 1.35 bits per heavy atom. The molecular weight excluding hydrogens is 214 g/mol. The van der Waals surface area contributed by atoms with E-state index in [0.717, 1.165) is 19.5 Å². The molecule has 0 spiro atoms. The normalized spacial score (nSPS) is 22.9. The number of carbonyl (C=O) groups is 1. The van der Waals surface area contributed by atoms with Crippen molar-refractivity contribution < 1.29 is 9.53 Å². The maximum Gasteiger partial charge on any atom is 0.305 e. The van der Waals surface area contributed by atoms with Crippen molar-refractivity contribution in [3.8, 4) is 0 Å². The molecular formula is C14H27NO2. The zero-order valence-electron chi connectivity index (χ0n) is 11.0. The van der Waals surface area contributed by atoms with E-state index in [2.05, 4.69) is 5.32 Å². The van der Waals surface area contributed by atoms with Gasteiger partial charge in [-0.3, -0.25) is 4.79 Å². The average molecular weight is 241 g/mol. The predicted octanol–water partition coefficient (Wildman–Crippen LogP) is 3.03. The number of rotatable bonds is 0. The molecule has 0 atom stereocenters. The lowest BCUT2D eigenvalue weighted by atomic mass is 10.1. The van der Waals surface area contributed by atoms with E-state index in [1.165, 1.54) is 51.4 Å². The van der Waals surface area contributed by atoms with Gasteiger partial charge in [0.05, 0.1) is 0 Å². The minimum Gasteiger partial charge on any atom is -0.464 e. The minimum atomic E-state index is -0.0288. The van der Waals surface area contributed by atoms with Gasteiger partial charge in [-0.05, 0) is 19.4 Å². The standard InChI is InChI=1S/C14H27NO2/c16-14-10-8-6-4-2-1-3-5-7-9-11-15-12-13-17-14/h15H,1-13H2. The Bertz CT molecular complexity index is 177. The lowest BCUT2D eigenvalue weighted by molar-refractivity contribution is -0.143. The third-order valence-electron chi connectivity index (χ3n) is 3.28. The fourth-order valence-corrected chi connectivity index (χ4v) is 2.19. The van der Waals surface area contributed by atoms with Gasteiger partial charge in [0.25, 0.3) is 0 Å². The fraction of sp³-hybridized carbons (Fsp3) is 0.929.